The number of hydrogen-bond donors (Lipinski definition) is 1. The van der Waals surface area contributed by atoms with Crippen molar-refractivity contribution in [1.29, 1.82) is 0 Å². The molecule has 0 aliphatic heterocycles. The first-order valence-corrected chi connectivity index (χ1v) is 10.4. The second-order valence-corrected chi connectivity index (χ2v) is 9.18. The fourth-order valence-corrected chi connectivity index (χ4v) is 5.29. The Morgan fingerprint density at radius 1 is 1.08 bits per heavy atom. The van der Waals surface area contributed by atoms with Crippen LogP contribution in [0.15, 0.2) is 64.2 Å². The van der Waals surface area contributed by atoms with Crippen molar-refractivity contribution < 1.29 is 8.42 Å². The molecule has 0 fully saturated rings. The minimum absolute atomic E-state index is 0.0715. The lowest BCUT2D eigenvalue weighted by molar-refractivity contribution is 0.597. The summed E-state index contributed by atoms with van der Waals surface area (Å²) < 4.78 is 25.3. The zero-order valence-corrected chi connectivity index (χ0v) is 15.3. The van der Waals surface area contributed by atoms with Crippen LogP contribution in [0.2, 0.25) is 5.02 Å². The lowest BCUT2D eigenvalue weighted by Gasteiger charge is -2.06. The van der Waals surface area contributed by atoms with Crippen molar-refractivity contribution in [3.63, 3.8) is 0 Å². The van der Waals surface area contributed by atoms with Crippen LogP contribution in [0.1, 0.15) is 5.56 Å². The van der Waals surface area contributed by atoms with Crippen LogP contribution in [0, 0.1) is 0 Å². The van der Waals surface area contributed by atoms with Gasteiger partial charge in [0.25, 0.3) is 0 Å². The van der Waals surface area contributed by atoms with Gasteiger partial charge in [-0.15, -0.1) is 11.3 Å². The lowest BCUT2D eigenvalue weighted by Crippen LogP contribution is -2.03. The lowest BCUT2D eigenvalue weighted by atomic mass is 10.1. The number of aromatic nitrogens is 2. The average molecular weight is 389 g/mol. The molecule has 1 N–H and O–H groups in total. The molecular weight excluding hydrogens is 376 g/mol. The van der Waals surface area contributed by atoms with Crippen molar-refractivity contribution >= 4 is 43.8 Å². The van der Waals surface area contributed by atoms with Crippen LogP contribution in [0.4, 0.5) is 0 Å². The number of nitrogens with zero attached hydrogens (tertiary/aromatic N) is 1. The maximum absolute atomic E-state index is 12.5. The highest BCUT2D eigenvalue weighted by molar-refractivity contribution is 7.92. The molecule has 0 bridgehead atoms. The smallest absolute Gasteiger partial charge is 0.191 e. The summed E-state index contributed by atoms with van der Waals surface area (Å²) in [5.41, 5.74) is 3.11. The van der Waals surface area contributed by atoms with E-state index in [-0.39, 0.29) is 5.75 Å². The summed E-state index contributed by atoms with van der Waals surface area (Å²) in [6, 6.07) is 16.3. The van der Waals surface area contributed by atoms with E-state index in [2.05, 4.69) is 9.97 Å². The molecule has 0 unspecified atom stereocenters. The fraction of sp³-hybridized carbons (Fsp3) is 0.0556. The Morgan fingerprint density at radius 2 is 1.92 bits per heavy atom. The van der Waals surface area contributed by atoms with Gasteiger partial charge in [-0.1, -0.05) is 35.9 Å². The SMILES string of the molecule is O=S(=O)(Cc1ccc(Cl)c(-c2nc3ccccc3[nH]2)c1)c1cccs1. The molecule has 4 rings (SSSR count). The molecule has 126 valence electrons. The molecule has 0 aliphatic rings. The molecule has 0 amide bonds. The van der Waals surface area contributed by atoms with E-state index in [0.29, 0.717) is 26.2 Å². The van der Waals surface area contributed by atoms with Crippen molar-refractivity contribution in [3.8, 4) is 11.4 Å². The highest BCUT2D eigenvalue weighted by Gasteiger charge is 2.18. The Labute approximate surface area is 154 Å². The average Bonchev–Trinajstić information content (AvgIpc) is 3.26. The first-order chi connectivity index (χ1) is 12.0. The third kappa shape index (κ3) is 3.20. The standard InChI is InChI=1S/C18H13ClN2O2S2/c19-14-8-7-12(11-25(22,23)17-6-3-9-24-17)10-13(14)18-20-15-4-1-2-5-16(15)21-18/h1-10H,11H2,(H,20,21). The highest BCUT2D eigenvalue weighted by atomic mass is 35.5. The van der Waals surface area contributed by atoms with E-state index in [4.69, 9.17) is 11.6 Å². The third-order valence-electron chi connectivity index (χ3n) is 3.83. The van der Waals surface area contributed by atoms with E-state index in [1.54, 1.807) is 35.7 Å². The molecule has 4 nitrogen and oxygen atoms in total. The summed E-state index contributed by atoms with van der Waals surface area (Å²) >= 11 is 7.54. The highest BCUT2D eigenvalue weighted by Crippen LogP contribution is 2.30. The monoisotopic (exact) mass is 388 g/mol. The summed E-state index contributed by atoms with van der Waals surface area (Å²) in [6.07, 6.45) is 0. The van der Waals surface area contributed by atoms with E-state index >= 15 is 0 Å². The predicted octanol–water partition coefficient (Wildman–Crippen LogP) is 4.92. The van der Waals surface area contributed by atoms with Gasteiger partial charge < -0.3 is 4.98 Å². The zero-order valence-electron chi connectivity index (χ0n) is 12.9. The van der Waals surface area contributed by atoms with Crippen molar-refractivity contribution in [2.75, 3.05) is 0 Å². The summed E-state index contributed by atoms with van der Waals surface area (Å²) in [7, 11) is -3.36. The largest absolute Gasteiger partial charge is 0.338 e. The summed E-state index contributed by atoms with van der Waals surface area (Å²) in [5.74, 6) is 0.555. The number of imidazole rings is 1. The maximum atomic E-state index is 12.5. The molecule has 0 spiro atoms. The molecule has 25 heavy (non-hydrogen) atoms. The molecule has 0 radical (unpaired) electrons. The van der Waals surface area contributed by atoms with E-state index in [9.17, 15) is 8.42 Å². The summed E-state index contributed by atoms with van der Waals surface area (Å²) in [4.78, 5) is 7.77. The molecule has 2 aromatic heterocycles. The van der Waals surface area contributed by atoms with Crippen LogP contribution >= 0.6 is 22.9 Å². The van der Waals surface area contributed by atoms with Crippen molar-refractivity contribution in [3.05, 3.63) is 70.6 Å². The van der Waals surface area contributed by atoms with Gasteiger partial charge in [0.15, 0.2) is 9.84 Å². The Bertz CT molecular complexity index is 1120. The number of sulfone groups is 1. The van der Waals surface area contributed by atoms with Crippen LogP contribution in [0.3, 0.4) is 0 Å². The first-order valence-electron chi connectivity index (χ1n) is 7.53. The Balaban J connectivity index is 1.74. The number of thiophene rings is 1. The number of halogens is 1. The predicted molar refractivity (Wildman–Crippen MR) is 102 cm³/mol. The van der Waals surface area contributed by atoms with E-state index < -0.39 is 9.84 Å². The molecule has 0 saturated heterocycles. The molecule has 0 saturated carbocycles. The molecular formula is C18H13ClN2O2S2. The topological polar surface area (TPSA) is 62.8 Å². The van der Waals surface area contributed by atoms with Crippen LogP contribution in [-0.4, -0.2) is 18.4 Å². The van der Waals surface area contributed by atoms with E-state index in [0.717, 1.165) is 11.0 Å². The number of hydrogen-bond acceptors (Lipinski definition) is 4. The van der Waals surface area contributed by atoms with Crippen LogP contribution in [0.25, 0.3) is 22.4 Å². The molecule has 2 aromatic carbocycles. The quantitative estimate of drug-likeness (QED) is 0.539. The summed E-state index contributed by atoms with van der Waals surface area (Å²) in [5, 5.41) is 2.28. The number of nitrogens with one attached hydrogen (secondary N) is 1. The first kappa shape index (κ1) is 16.3. The number of rotatable bonds is 4. The Kier molecular flexibility index (Phi) is 4.11. The summed E-state index contributed by atoms with van der Waals surface area (Å²) in [6.45, 7) is 0. The van der Waals surface area contributed by atoms with Gasteiger partial charge in [-0.05, 0) is 41.3 Å². The minimum atomic E-state index is -3.36. The van der Waals surface area contributed by atoms with Gasteiger partial charge in [0, 0.05) is 5.56 Å². The Hall–Kier alpha value is -2.15. The van der Waals surface area contributed by atoms with Gasteiger partial charge in [0.05, 0.1) is 21.8 Å². The molecule has 0 atom stereocenters. The number of para-hydroxylation sites is 2. The number of benzene rings is 2. The zero-order chi connectivity index (χ0) is 17.4. The van der Waals surface area contributed by atoms with Gasteiger partial charge in [-0.2, -0.15) is 0 Å². The number of fused-ring (bicyclic) bond motifs is 1. The minimum Gasteiger partial charge on any atom is -0.338 e. The van der Waals surface area contributed by atoms with Gasteiger partial charge in [0.1, 0.15) is 10.0 Å². The third-order valence-corrected chi connectivity index (χ3v) is 7.34. The van der Waals surface area contributed by atoms with Crippen molar-refractivity contribution in [2.24, 2.45) is 0 Å². The normalized spacial score (nSPS) is 11.9. The molecule has 2 heterocycles. The van der Waals surface area contributed by atoms with Crippen LogP contribution in [-0.2, 0) is 15.6 Å². The molecule has 7 heteroatoms. The molecule has 0 aliphatic carbocycles. The number of aromatic amines is 1. The maximum Gasteiger partial charge on any atom is 0.191 e. The fourth-order valence-electron chi connectivity index (χ4n) is 2.66. The van der Waals surface area contributed by atoms with Crippen molar-refractivity contribution in [1.82, 2.24) is 9.97 Å². The number of H-pyrrole nitrogens is 1. The van der Waals surface area contributed by atoms with Gasteiger partial charge in [0.2, 0.25) is 0 Å². The molecule has 4 aromatic rings. The van der Waals surface area contributed by atoms with Crippen LogP contribution in [0.5, 0.6) is 0 Å². The van der Waals surface area contributed by atoms with Crippen molar-refractivity contribution in [2.45, 2.75) is 9.96 Å². The Morgan fingerprint density at radius 3 is 2.68 bits per heavy atom. The van der Waals surface area contributed by atoms with Gasteiger partial charge >= 0.3 is 0 Å². The van der Waals surface area contributed by atoms with E-state index in [1.165, 1.54) is 11.3 Å². The van der Waals surface area contributed by atoms with Crippen LogP contribution < -0.4 is 0 Å². The second-order valence-electron chi connectivity index (χ2n) is 5.61. The van der Waals surface area contributed by atoms with Gasteiger partial charge in [-0.3, -0.25) is 0 Å². The second kappa shape index (κ2) is 6.29. The van der Waals surface area contributed by atoms with E-state index in [1.807, 2.05) is 24.3 Å². The van der Waals surface area contributed by atoms with Gasteiger partial charge in [-0.25, -0.2) is 13.4 Å².